The zero-order valence-electron chi connectivity index (χ0n) is 30.4. The number of methoxy groups -OCH3 is 1. The zero-order chi connectivity index (χ0) is 37.2. The zero-order valence-corrected chi connectivity index (χ0v) is 30.4. The number of benzene rings is 3. The van der Waals surface area contributed by atoms with Crippen molar-refractivity contribution >= 4 is 18.1 Å². The molecule has 2 aliphatic heterocycles. The monoisotopic (exact) mass is 715 g/mol. The Morgan fingerprint density at radius 2 is 1.40 bits per heavy atom. The number of aromatic amines is 2. The van der Waals surface area contributed by atoms with E-state index in [4.69, 9.17) is 9.72 Å². The van der Waals surface area contributed by atoms with Crippen LogP contribution in [0.3, 0.4) is 0 Å². The fourth-order valence-corrected chi connectivity index (χ4v) is 7.77. The first-order chi connectivity index (χ1) is 25.6. The van der Waals surface area contributed by atoms with E-state index in [0.29, 0.717) is 18.9 Å². The second-order valence-electron chi connectivity index (χ2n) is 14.2. The Morgan fingerprint density at radius 1 is 0.811 bits per heavy atom. The molecule has 2 saturated heterocycles. The molecule has 12 nitrogen and oxygen atoms in total. The number of likely N-dealkylation sites (tertiary alicyclic amines) is 2. The average molecular weight is 716 g/mol. The lowest BCUT2D eigenvalue weighted by Gasteiger charge is -2.30. The maximum Gasteiger partial charge on any atom is 0.407 e. The molecule has 5 aromatic rings. The number of ether oxygens (including phenoxy) is 1. The molecule has 12 heteroatoms. The summed E-state index contributed by atoms with van der Waals surface area (Å²) in [5.74, 6) is 1.13. The summed E-state index contributed by atoms with van der Waals surface area (Å²) in [5, 5.41) is 12.3. The average Bonchev–Trinajstić information content (AvgIpc) is 4.00. The quantitative estimate of drug-likeness (QED) is 0.121. The first-order valence-electron chi connectivity index (χ1n) is 18.2. The van der Waals surface area contributed by atoms with Crippen molar-refractivity contribution in [3.63, 3.8) is 0 Å². The van der Waals surface area contributed by atoms with Crippen molar-refractivity contribution in [2.45, 2.75) is 64.6 Å². The molecule has 3 amide bonds. The first kappa shape index (κ1) is 35.5. The predicted molar refractivity (Wildman–Crippen MR) is 202 cm³/mol. The molecule has 3 aromatic carbocycles. The van der Waals surface area contributed by atoms with Crippen LogP contribution < -0.4 is 5.32 Å². The summed E-state index contributed by atoms with van der Waals surface area (Å²) in [6.45, 7) is 7.03. The molecule has 0 unspecified atom stereocenters. The summed E-state index contributed by atoms with van der Waals surface area (Å²) in [5.41, 5.74) is 9.08. The van der Waals surface area contributed by atoms with E-state index in [-0.39, 0.29) is 23.9 Å². The molecule has 4 heterocycles. The van der Waals surface area contributed by atoms with Crippen LogP contribution in [-0.4, -0.2) is 79.2 Å². The van der Waals surface area contributed by atoms with Gasteiger partial charge in [0.2, 0.25) is 5.91 Å². The topological polar surface area (TPSA) is 157 Å². The number of aromatic nitrogens is 4. The van der Waals surface area contributed by atoms with Crippen molar-refractivity contribution in [3.8, 4) is 44.8 Å². The molecule has 0 spiro atoms. The number of nitrogens with zero attached hydrogens (tertiary/aromatic N) is 4. The van der Waals surface area contributed by atoms with Gasteiger partial charge in [0.05, 0.1) is 43.0 Å². The summed E-state index contributed by atoms with van der Waals surface area (Å²) in [6.07, 6.45) is 5.25. The van der Waals surface area contributed by atoms with Crippen LogP contribution in [0.25, 0.3) is 44.8 Å². The van der Waals surface area contributed by atoms with E-state index in [1.165, 1.54) is 12.0 Å². The molecule has 3 atom stereocenters. The number of rotatable bonds is 9. The van der Waals surface area contributed by atoms with Crippen molar-refractivity contribution in [3.05, 3.63) is 96.3 Å². The van der Waals surface area contributed by atoms with Gasteiger partial charge in [-0.2, -0.15) is 0 Å². The maximum atomic E-state index is 13.7. The van der Waals surface area contributed by atoms with Crippen molar-refractivity contribution in [2.75, 3.05) is 20.2 Å². The Labute approximate surface area is 308 Å². The normalized spacial score (nSPS) is 17.7. The molecule has 7 rings (SSSR count). The Balaban J connectivity index is 1.17. The van der Waals surface area contributed by atoms with Crippen molar-refractivity contribution < 1.29 is 24.2 Å². The highest BCUT2D eigenvalue weighted by molar-refractivity contribution is 5.90. The number of alkyl carbamates (subject to hydrolysis) is 1. The number of hydrogen-bond donors (Lipinski definition) is 4. The molecule has 274 valence electrons. The minimum absolute atomic E-state index is 0.115. The van der Waals surface area contributed by atoms with Crippen LogP contribution in [0.4, 0.5) is 9.59 Å². The highest BCUT2D eigenvalue weighted by Gasteiger charge is 2.37. The Bertz CT molecular complexity index is 2110. The molecule has 2 aliphatic rings. The van der Waals surface area contributed by atoms with Gasteiger partial charge in [0, 0.05) is 18.7 Å². The van der Waals surface area contributed by atoms with Crippen molar-refractivity contribution in [2.24, 2.45) is 5.92 Å². The number of H-pyrrole nitrogens is 2. The van der Waals surface area contributed by atoms with Gasteiger partial charge >= 0.3 is 12.2 Å². The summed E-state index contributed by atoms with van der Waals surface area (Å²) in [6, 6.07) is 21.8. The van der Waals surface area contributed by atoms with Crippen LogP contribution in [-0.2, 0) is 9.53 Å². The highest BCUT2D eigenvalue weighted by atomic mass is 16.5. The molecule has 0 bridgehead atoms. The molecular weight excluding hydrogens is 670 g/mol. The van der Waals surface area contributed by atoms with Gasteiger partial charge in [-0.1, -0.05) is 68.4 Å². The van der Waals surface area contributed by atoms with E-state index in [9.17, 15) is 19.5 Å². The third-order valence-electron chi connectivity index (χ3n) is 10.5. The van der Waals surface area contributed by atoms with Crippen LogP contribution in [0.1, 0.15) is 68.8 Å². The van der Waals surface area contributed by atoms with E-state index in [1.54, 1.807) is 6.20 Å². The number of imidazole rings is 2. The molecule has 0 aliphatic carbocycles. The highest BCUT2D eigenvalue weighted by Crippen LogP contribution is 2.40. The number of carbonyl (C=O) groups excluding carboxylic acids is 2. The van der Waals surface area contributed by atoms with Crippen LogP contribution in [0.2, 0.25) is 0 Å². The Kier molecular flexibility index (Phi) is 10.0. The first-order valence-corrected chi connectivity index (χ1v) is 18.2. The fourth-order valence-electron chi connectivity index (χ4n) is 7.77. The molecule has 0 saturated carbocycles. The number of amides is 3. The minimum Gasteiger partial charge on any atom is -0.465 e. The SMILES string of the molecule is COC(=O)N[C@H](C(=O)N1CCC[C@H]1c1ncc(-c2cc(C)c(-c3ccc(-c4cnc([C@@H]5CCCN5C(=O)O)[nH]4)cc3)c(-c3ccccc3)c2)[nH]1)C(C)C. The second-order valence-corrected chi connectivity index (χ2v) is 14.2. The van der Waals surface area contributed by atoms with Crippen LogP contribution in [0, 0.1) is 12.8 Å². The number of carbonyl (C=O) groups is 3. The van der Waals surface area contributed by atoms with Gasteiger partial charge < -0.3 is 30.0 Å². The maximum absolute atomic E-state index is 13.7. The van der Waals surface area contributed by atoms with Gasteiger partial charge in [-0.15, -0.1) is 0 Å². The third kappa shape index (κ3) is 7.13. The van der Waals surface area contributed by atoms with E-state index in [2.05, 4.69) is 75.7 Å². The fraction of sp³-hybridized carbons (Fsp3) is 0.341. The smallest absolute Gasteiger partial charge is 0.407 e. The molecule has 4 N–H and O–H groups in total. The number of aryl methyl sites for hydroxylation is 1. The second kappa shape index (κ2) is 15.0. The van der Waals surface area contributed by atoms with Crippen LogP contribution >= 0.6 is 0 Å². The summed E-state index contributed by atoms with van der Waals surface area (Å²) < 4.78 is 4.79. The molecule has 2 fully saturated rings. The van der Waals surface area contributed by atoms with Crippen LogP contribution in [0.5, 0.6) is 0 Å². The van der Waals surface area contributed by atoms with Gasteiger partial charge in [0.25, 0.3) is 0 Å². The van der Waals surface area contributed by atoms with E-state index in [1.807, 2.05) is 43.1 Å². The largest absolute Gasteiger partial charge is 0.465 e. The lowest BCUT2D eigenvalue weighted by atomic mass is 9.88. The van der Waals surface area contributed by atoms with Crippen LogP contribution in [0.15, 0.2) is 79.1 Å². The number of nitrogens with one attached hydrogen (secondary N) is 3. The summed E-state index contributed by atoms with van der Waals surface area (Å²) in [4.78, 5) is 56.9. The van der Waals surface area contributed by atoms with Gasteiger partial charge in [-0.05, 0) is 84.0 Å². The lowest BCUT2D eigenvalue weighted by Crippen LogP contribution is -2.51. The van der Waals surface area contributed by atoms with E-state index < -0.39 is 18.2 Å². The van der Waals surface area contributed by atoms with Crippen molar-refractivity contribution in [1.82, 2.24) is 35.1 Å². The summed E-state index contributed by atoms with van der Waals surface area (Å²) in [7, 11) is 1.29. The van der Waals surface area contributed by atoms with E-state index in [0.717, 1.165) is 81.8 Å². The summed E-state index contributed by atoms with van der Waals surface area (Å²) >= 11 is 0. The standard InChI is InChI=1S/C41H45N7O5/c1-24(2)36(46-40(50)53-4)39(49)47-18-8-12-33(47)37-43-23-32(45-37)29-20-25(3)35(30(21-29)26-10-6-5-7-11-26)28-16-14-27(15-17-28)31-22-42-38(44-31)34-13-9-19-48(34)41(51)52/h5-7,10-11,14-17,20-24,33-34,36H,8-9,12-13,18-19H2,1-4H3,(H,42,44)(H,43,45)(H,46,50)(H,51,52)/t33-,34-,36-/m0/s1. The predicted octanol–water partition coefficient (Wildman–Crippen LogP) is 7.97. The number of carboxylic acid groups (broad SMARTS) is 1. The Morgan fingerprint density at radius 3 is 2.00 bits per heavy atom. The van der Waals surface area contributed by atoms with Crippen molar-refractivity contribution in [1.29, 1.82) is 0 Å². The molecule has 53 heavy (non-hydrogen) atoms. The molecule has 2 aromatic heterocycles. The molecule has 0 radical (unpaired) electrons. The molecular formula is C41H45N7O5. The Hall–Kier alpha value is -5.91. The van der Waals surface area contributed by atoms with Gasteiger partial charge in [-0.3, -0.25) is 9.69 Å². The van der Waals surface area contributed by atoms with Gasteiger partial charge in [0.1, 0.15) is 17.7 Å². The van der Waals surface area contributed by atoms with Gasteiger partial charge in [-0.25, -0.2) is 19.6 Å². The lowest BCUT2D eigenvalue weighted by molar-refractivity contribution is -0.135. The third-order valence-corrected chi connectivity index (χ3v) is 10.5. The minimum atomic E-state index is -0.919. The van der Waals surface area contributed by atoms with Gasteiger partial charge in [0.15, 0.2) is 0 Å². The van der Waals surface area contributed by atoms with E-state index >= 15 is 0 Å². The number of hydrogen-bond acceptors (Lipinski definition) is 6.